The number of benzene rings is 14. The molecule has 0 radical (unpaired) electrons. The molecule has 0 saturated carbocycles. The monoisotopic (exact) mass is 1270 g/mol. The highest BCUT2D eigenvalue weighted by Crippen LogP contribution is 2.53. The second-order valence-corrected chi connectivity index (χ2v) is 25.2. The molecule has 5 heterocycles. The number of ether oxygens (including phenoxy) is 2. The molecule has 99 heavy (non-hydrogen) atoms. The van der Waals surface area contributed by atoms with Crippen molar-refractivity contribution in [2.75, 3.05) is 29.4 Å². The maximum absolute atomic E-state index is 7.96. The topological polar surface area (TPSA) is 51.0 Å². The summed E-state index contributed by atoms with van der Waals surface area (Å²) in [6.45, 7) is -0.952. The summed E-state index contributed by atoms with van der Waals surface area (Å²) in [6.07, 6.45) is 0. The van der Waals surface area contributed by atoms with Crippen LogP contribution in [0.4, 0.5) is 102 Å². The Hall–Kier alpha value is -13.1. The summed E-state index contributed by atoms with van der Waals surface area (Å²) >= 11 is 0. The Kier molecular flexibility index (Phi) is 13.9. The lowest BCUT2D eigenvalue weighted by molar-refractivity contribution is 0.427. The molecule has 466 valence electrons. The predicted molar refractivity (Wildman–Crippen MR) is 409 cm³/mol. The van der Waals surface area contributed by atoms with Crippen LogP contribution in [-0.4, -0.2) is 13.4 Å². The first kappa shape index (κ1) is 57.3. The number of hydrogen-bond donors (Lipinski definition) is 0. The van der Waals surface area contributed by atoms with Crippen LogP contribution in [0.2, 0.25) is 0 Å². The van der Waals surface area contributed by atoms with E-state index in [0.29, 0.717) is 34.3 Å². The largest absolute Gasteiger partial charge is 0.477 e. The van der Waals surface area contributed by atoms with Crippen molar-refractivity contribution >= 4 is 149 Å². The zero-order valence-corrected chi connectivity index (χ0v) is 53.7. The van der Waals surface area contributed by atoms with Gasteiger partial charge >= 0.3 is 13.4 Å². The van der Waals surface area contributed by atoms with Crippen molar-refractivity contribution in [1.82, 2.24) is 0 Å². The minimum absolute atomic E-state index is 0.476. The number of hydrogen-bond acceptors (Lipinski definition) is 9. The first-order valence-corrected chi connectivity index (χ1v) is 33.6. The summed E-state index contributed by atoms with van der Waals surface area (Å²) in [5.41, 5.74) is 23.3. The summed E-state index contributed by atoms with van der Waals surface area (Å²) in [6, 6.07) is 129. The van der Waals surface area contributed by atoms with Crippen LogP contribution < -0.4 is 72.0 Å². The van der Waals surface area contributed by atoms with Gasteiger partial charge in [0.2, 0.25) is 11.5 Å². The molecule has 1 aromatic heterocycles. The molecule has 9 nitrogen and oxygen atoms in total. The molecule has 0 amide bonds. The molecule has 14 aromatic carbocycles. The van der Waals surface area contributed by atoms with Crippen molar-refractivity contribution in [1.29, 1.82) is 0 Å². The summed E-state index contributed by atoms with van der Waals surface area (Å²) in [4.78, 5) is 14.2. The predicted octanol–water partition coefficient (Wildman–Crippen LogP) is 20.0. The van der Waals surface area contributed by atoms with E-state index in [2.05, 4.69) is 393 Å². The number of nitrogens with zero attached hydrogens (tertiary/aromatic N) is 6. The van der Waals surface area contributed by atoms with Gasteiger partial charge in [-0.3, -0.25) is 0 Å². The Balaban J connectivity index is 0.886. The van der Waals surface area contributed by atoms with Crippen molar-refractivity contribution in [3.8, 4) is 23.0 Å². The van der Waals surface area contributed by atoms with Crippen molar-refractivity contribution in [3.63, 3.8) is 0 Å². The highest BCUT2D eigenvalue weighted by Gasteiger charge is 2.52. The van der Waals surface area contributed by atoms with Crippen molar-refractivity contribution in [3.05, 3.63) is 364 Å². The fourth-order valence-electron chi connectivity index (χ4n) is 15.2. The van der Waals surface area contributed by atoms with E-state index in [1.165, 1.54) is 0 Å². The van der Waals surface area contributed by atoms with E-state index in [-0.39, 0.29) is 0 Å². The molecule has 15 aromatic rings. The fourth-order valence-corrected chi connectivity index (χ4v) is 15.2. The van der Waals surface area contributed by atoms with Gasteiger partial charge in [-0.2, -0.15) is 0 Å². The highest BCUT2D eigenvalue weighted by atomic mass is 16.5. The molecule has 0 N–H and O–H groups in total. The number of furan rings is 1. The quantitative estimate of drug-likeness (QED) is 0.0991. The molecule has 0 aliphatic carbocycles. The SMILES string of the molecule is c1ccc(N(c2ccccc2)c2ccc3c(c2)N(c2ccccc2)c2cc(N(c4ccccc4)c4ccccc4)cc4c2B3c2oc3c(c2O4)Oc2cc(N(c4ccccc4)c4ccccc4)cc4c2B3c2ccc(N(c3ccccc3)c3ccccc3)cc2N4c2ccccc2)cc1. The van der Waals surface area contributed by atoms with Crippen LogP contribution in [0.25, 0.3) is 0 Å². The van der Waals surface area contributed by atoms with E-state index in [1.54, 1.807) is 0 Å². The first-order chi connectivity index (χ1) is 49.1. The van der Waals surface area contributed by atoms with Crippen LogP contribution in [0.5, 0.6) is 23.0 Å². The van der Waals surface area contributed by atoms with Crippen LogP contribution in [-0.2, 0) is 0 Å². The summed E-state index contributed by atoms with van der Waals surface area (Å²) in [7, 11) is 0. The van der Waals surface area contributed by atoms with Gasteiger partial charge < -0.3 is 43.3 Å². The van der Waals surface area contributed by atoms with Gasteiger partial charge in [0.1, 0.15) is 22.8 Å². The van der Waals surface area contributed by atoms with Crippen LogP contribution in [0.3, 0.4) is 0 Å². The number of rotatable bonds is 14. The number of para-hydroxylation sites is 10. The minimum Gasteiger partial charge on any atom is -0.477 e. The highest BCUT2D eigenvalue weighted by molar-refractivity contribution is 7.01. The van der Waals surface area contributed by atoms with E-state index in [9.17, 15) is 0 Å². The Morgan fingerprint density at radius 2 is 0.465 bits per heavy atom. The fraction of sp³-hybridized carbons (Fsp3) is 0. The van der Waals surface area contributed by atoms with Gasteiger partial charge in [-0.25, -0.2) is 0 Å². The summed E-state index contributed by atoms with van der Waals surface area (Å²) in [5.74, 6) is 2.47. The van der Waals surface area contributed by atoms with Crippen LogP contribution >= 0.6 is 0 Å². The van der Waals surface area contributed by atoms with Gasteiger partial charge in [0.05, 0.1) is 11.4 Å². The molecule has 4 aliphatic rings. The Morgan fingerprint density at radius 1 is 0.222 bits per heavy atom. The van der Waals surface area contributed by atoms with Gasteiger partial charge in [-0.05, 0) is 169 Å². The molecular formula is C88H60B2N6O3. The lowest BCUT2D eigenvalue weighted by atomic mass is 9.36. The van der Waals surface area contributed by atoms with Gasteiger partial charge in [-0.15, -0.1) is 0 Å². The van der Waals surface area contributed by atoms with Gasteiger partial charge in [-0.1, -0.05) is 194 Å². The third-order valence-corrected chi connectivity index (χ3v) is 19.4. The van der Waals surface area contributed by atoms with Gasteiger partial charge in [0.25, 0.3) is 0 Å². The number of fused-ring (bicyclic) bond motifs is 9. The maximum atomic E-state index is 7.96. The molecule has 4 aliphatic heterocycles. The van der Waals surface area contributed by atoms with Crippen LogP contribution in [0.1, 0.15) is 0 Å². The van der Waals surface area contributed by atoms with Crippen LogP contribution in [0, 0.1) is 0 Å². The number of anilines is 18. The molecule has 0 saturated heterocycles. The third-order valence-electron chi connectivity index (χ3n) is 19.4. The van der Waals surface area contributed by atoms with E-state index < -0.39 is 13.4 Å². The summed E-state index contributed by atoms with van der Waals surface area (Å²) < 4.78 is 23.5. The van der Waals surface area contributed by atoms with Crippen molar-refractivity contribution in [2.45, 2.75) is 0 Å². The Labute approximate surface area is 575 Å². The van der Waals surface area contributed by atoms with E-state index >= 15 is 0 Å². The zero-order valence-electron chi connectivity index (χ0n) is 53.7. The molecule has 0 bridgehead atoms. The smallest absolute Gasteiger partial charge is 0.301 e. The lowest BCUT2D eigenvalue weighted by Crippen LogP contribution is -2.60. The minimum atomic E-state index is -0.476. The summed E-state index contributed by atoms with van der Waals surface area (Å²) in [5, 5.41) is 0. The maximum Gasteiger partial charge on any atom is 0.301 e. The molecule has 0 spiro atoms. The lowest BCUT2D eigenvalue weighted by Gasteiger charge is -2.40. The molecule has 0 fully saturated rings. The Morgan fingerprint density at radius 3 is 0.737 bits per heavy atom. The van der Waals surface area contributed by atoms with E-state index in [4.69, 9.17) is 13.9 Å². The Bertz CT molecular complexity index is 4980. The second-order valence-electron chi connectivity index (χ2n) is 25.2. The molecule has 0 atom stereocenters. The standard InChI is InChI=1S/C88H60B2N6O3/c1-11-31-61(32-12-1)91(62-33-13-2-14-34-62)71-51-53-75-77(55-71)95(69-47-27-9-28-48-69)79-57-73(93(65-39-19-5-20-40-65)66-41-21-6-22-42-66)59-81-83(79)89(75)87-85(97-81)86-88(99-87)90-76-54-52-72(92(63-35-15-3-16-36-63)64-37-17-4-18-38-64)56-78(76)96(70-49-29-10-30-50-70)80-58-74(60-82(98-86)84(80)90)94(67-43-23-7-24-44-67)68-45-25-8-26-46-68/h1-60H. The zero-order chi connectivity index (χ0) is 65.3. The van der Waals surface area contributed by atoms with Crippen LogP contribution in [0.15, 0.2) is 368 Å². The van der Waals surface area contributed by atoms with Crippen molar-refractivity contribution < 1.29 is 13.9 Å². The normalized spacial score (nSPS) is 12.5. The van der Waals surface area contributed by atoms with Gasteiger partial charge in [0, 0.05) is 114 Å². The molecule has 11 heteroatoms. The third kappa shape index (κ3) is 9.73. The first-order valence-electron chi connectivity index (χ1n) is 33.6. The van der Waals surface area contributed by atoms with E-state index in [1.807, 2.05) is 0 Å². The molecular weight excluding hydrogens is 1210 g/mol. The van der Waals surface area contributed by atoms with E-state index in [0.717, 1.165) is 124 Å². The molecule has 0 unspecified atom stereocenters. The molecule has 19 rings (SSSR count). The average molecular weight is 1270 g/mol. The van der Waals surface area contributed by atoms with Crippen molar-refractivity contribution in [2.24, 2.45) is 0 Å². The second kappa shape index (κ2) is 24.0. The average Bonchev–Trinajstić information content (AvgIpc) is 1.53. The van der Waals surface area contributed by atoms with Gasteiger partial charge in [0.15, 0.2) is 0 Å².